The van der Waals surface area contributed by atoms with E-state index in [-0.39, 0.29) is 12.0 Å². The van der Waals surface area contributed by atoms with Gasteiger partial charge < -0.3 is 19.3 Å². The minimum absolute atomic E-state index is 0.0723. The smallest absolute Gasteiger partial charge is 0.255 e. The molecule has 2 heterocycles. The fourth-order valence-electron chi connectivity index (χ4n) is 3.85. The van der Waals surface area contributed by atoms with Gasteiger partial charge in [-0.3, -0.25) is 4.79 Å². The standard InChI is InChI=1S/C26H29N3O3/c1-20(21-8-4-3-5-9-21)32-25-13-12-22(18-27-25)26(30)28(2)19-23-10-6-7-11-24(23)29-14-16-31-17-15-29/h3-13,18,20H,14-17,19H2,1-2H3/t20-/m0/s1. The Bertz CT molecular complexity index is 1020. The van der Waals surface area contributed by atoms with Gasteiger partial charge in [0, 0.05) is 44.6 Å². The lowest BCUT2D eigenvalue weighted by Gasteiger charge is -2.31. The molecule has 1 aliphatic heterocycles. The molecule has 4 rings (SSSR count). The number of amides is 1. The van der Waals surface area contributed by atoms with Crippen LogP contribution in [0.5, 0.6) is 5.88 Å². The lowest BCUT2D eigenvalue weighted by molar-refractivity contribution is 0.0784. The summed E-state index contributed by atoms with van der Waals surface area (Å²) in [4.78, 5) is 21.4. The van der Waals surface area contributed by atoms with Gasteiger partial charge in [-0.25, -0.2) is 4.98 Å². The maximum atomic E-state index is 13.0. The number of morpholine rings is 1. The van der Waals surface area contributed by atoms with Crippen molar-refractivity contribution in [2.24, 2.45) is 0 Å². The number of hydrogen-bond donors (Lipinski definition) is 0. The number of nitrogens with zero attached hydrogens (tertiary/aromatic N) is 3. The Hall–Kier alpha value is -3.38. The van der Waals surface area contributed by atoms with Crippen LogP contribution in [-0.4, -0.2) is 49.1 Å². The second kappa shape index (κ2) is 10.3. The van der Waals surface area contributed by atoms with Crippen LogP contribution in [0.1, 0.15) is 34.5 Å². The highest BCUT2D eigenvalue weighted by atomic mass is 16.5. The average molecular weight is 432 g/mol. The summed E-state index contributed by atoms with van der Waals surface area (Å²) in [6.07, 6.45) is 1.46. The molecule has 0 radical (unpaired) electrons. The third-order valence-electron chi connectivity index (χ3n) is 5.65. The predicted molar refractivity (Wildman–Crippen MR) is 125 cm³/mol. The SMILES string of the molecule is C[C@H](Oc1ccc(C(=O)N(C)Cc2ccccc2N2CCOCC2)cn1)c1ccccc1. The number of aromatic nitrogens is 1. The number of hydrogen-bond acceptors (Lipinski definition) is 5. The predicted octanol–water partition coefficient (Wildman–Crippen LogP) is 4.33. The number of carbonyl (C=O) groups excluding carboxylic acids is 1. The molecule has 1 atom stereocenters. The number of ether oxygens (including phenoxy) is 2. The summed E-state index contributed by atoms with van der Waals surface area (Å²) in [5.74, 6) is 0.426. The molecule has 0 aliphatic carbocycles. The number of benzene rings is 2. The third-order valence-corrected chi connectivity index (χ3v) is 5.65. The van der Waals surface area contributed by atoms with Gasteiger partial charge in [0.1, 0.15) is 6.10 Å². The van der Waals surface area contributed by atoms with Crippen LogP contribution in [0.4, 0.5) is 5.69 Å². The zero-order valence-corrected chi connectivity index (χ0v) is 18.6. The van der Waals surface area contributed by atoms with Crippen LogP contribution in [0.25, 0.3) is 0 Å². The molecule has 1 amide bonds. The van der Waals surface area contributed by atoms with E-state index < -0.39 is 0 Å². The number of rotatable bonds is 7. The van der Waals surface area contributed by atoms with Crippen LogP contribution in [0, 0.1) is 0 Å². The van der Waals surface area contributed by atoms with Crippen molar-refractivity contribution in [3.05, 3.63) is 89.6 Å². The Kier molecular flexibility index (Phi) is 7.02. The van der Waals surface area contributed by atoms with E-state index in [0.29, 0.717) is 18.0 Å². The molecular formula is C26H29N3O3. The van der Waals surface area contributed by atoms with Crippen LogP contribution in [0.2, 0.25) is 0 Å². The van der Waals surface area contributed by atoms with Crippen LogP contribution < -0.4 is 9.64 Å². The highest BCUT2D eigenvalue weighted by molar-refractivity contribution is 5.93. The molecule has 2 aromatic carbocycles. The van der Waals surface area contributed by atoms with Crippen molar-refractivity contribution in [2.75, 3.05) is 38.3 Å². The van der Waals surface area contributed by atoms with Gasteiger partial charge in [0.25, 0.3) is 5.91 Å². The highest BCUT2D eigenvalue weighted by Crippen LogP contribution is 2.24. The first-order valence-electron chi connectivity index (χ1n) is 11.0. The molecule has 0 saturated carbocycles. The van der Waals surface area contributed by atoms with Crippen LogP contribution in [-0.2, 0) is 11.3 Å². The van der Waals surface area contributed by atoms with Crippen molar-refractivity contribution in [3.8, 4) is 5.88 Å². The molecule has 1 aromatic heterocycles. The minimum atomic E-state index is -0.121. The summed E-state index contributed by atoms with van der Waals surface area (Å²) in [7, 11) is 1.82. The molecule has 3 aromatic rings. The maximum absolute atomic E-state index is 13.0. The van der Waals surface area contributed by atoms with E-state index in [1.165, 1.54) is 0 Å². The average Bonchev–Trinajstić information content (AvgIpc) is 2.85. The van der Waals surface area contributed by atoms with Gasteiger partial charge in [0.05, 0.1) is 18.8 Å². The van der Waals surface area contributed by atoms with E-state index in [1.54, 1.807) is 23.2 Å². The molecule has 1 saturated heterocycles. The van der Waals surface area contributed by atoms with Crippen molar-refractivity contribution >= 4 is 11.6 Å². The second-order valence-corrected chi connectivity index (χ2v) is 7.95. The van der Waals surface area contributed by atoms with E-state index in [1.807, 2.05) is 56.4 Å². The summed E-state index contributed by atoms with van der Waals surface area (Å²) in [6.45, 7) is 5.69. The van der Waals surface area contributed by atoms with Crippen LogP contribution in [0.15, 0.2) is 72.9 Å². The lowest BCUT2D eigenvalue weighted by Crippen LogP contribution is -2.37. The van der Waals surface area contributed by atoms with E-state index in [2.05, 4.69) is 22.0 Å². The molecule has 6 heteroatoms. The van der Waals surface area contributed by atoms with Gasteiger partial charge in [-0.1, -0.05) is 48.5 Å². The topological polar surface area (TPSA) is 54.9 Å². The Labute approximate surface area is 189 Å². The van der Waals surface area contributed by atoms with Gasteiger partial charge >= 0.3 is 0 Å². The number of para-hydroxylation sites is 1. The fraction of sp³-hybridized carbons (Fsp3) is 0.308. The van der Waals surface area contributed by atoms with Crippen LogP contribution in [0.3, 0.4) is 0 Å². The molecule has 6 nitrogen and oxygen atoms in total. The molecule has 1 aliphatic rings. The Morgan fingerprint density at radius 1 is 1.06 bits per heavy atom. The van der Waals surface area contributed by atoms with Crippen molar-refractivity contribution in [3.63, 3.8) is 0 Å². The lowest BCUT2D eigenvalue weighted by atomic mass is 10.1. The van der Waals surface area contributed by atoms with Crippen molar-refractivity contribution in [2.45, 2.75) is 19.6 Å². The first-order chi connectivity index (χ1) is 15.6. The van der Waals surface area contributed by atoms with Gasteiger partial charge in [-0.15, -0.1) is 0 Å². The Balaban J connectivity index is 1.40. The van der Waals surface area contributed by atoms with E-state index >= 15 is 0 Å². The van der Waals surface area contributed by atoms with E-state index in [0.717, 1.165) is 43.1 Å². The molecule has 32 heavy (non-hydrogen) atoms. The number of anilines is 1. The Morgan fingerprint density at radius 3 is 2.50 bits per heavy atom. The zero-order chi connectivity index (χ0) is 22.3. The molecule has 1 fully saturated rings. The summed E-state index contributed by atoms with van der Waals surface area (Å²) >= 11 is 0. The van der Waals surface area contributed by atoms with Gasteiger partial charge in [-0.2, -0.15) is 0 Å². The molecule has 166 valence electrons. The molecule has 0 bridgehead atoms. The second-order valence-electron chi connectivity index (χ2n) is 7.95. The van der Waals surface area contributed by atoms with Crippen molar-refractivity contribution < 1.29 is 14.3 Å². The first-order valence-corrected chi connectivity index (χ1v) is 11.0. The first kappa shape index (κ1) is 21.8. The molecule has 0 N–H and O–H groups in total. The minimum Gasteiger partial charge on any atom is -0.470 e. The van der Waals surface area contributed by atoms with E-state index in [4.69, 9.17) is 9.47 Å². The van der Waals surface area contributed by atoms with Crippen molar-refractivity contribution in [1.29, 1.82) is 0 Å². The monoisotopic (exact) mass is 431 g/mol. The fourth-order valence-corrected chi connectivity index (χ4v) is 3.85. The number of pyridine rings is 1. The van der Waals surface area contributed by atoms with Gasteiger partial charge in [0.2, 0.25) is 5.88 Å². The van der Waals surface area contributed by atoms with Gasteiger partial charge in [-0.05, 0) is 30.2 Å². The van der Waals surface area contributed by atoms with Crippen molar-refractivity contribution in [1.82, 2.24) is 9.88 Å². The summed E-state index contributed by atoms with van der Waals surface area (Å²) in [6, 6.07) is 21.7. The Morgan fingerprint density at radius 2 is 1.78 bits per heavy atom. The maximum Gasteiger partial charge on any atom is 0.255 e. The summed E-state index contributed by atoms with van der Waals surface area (Å²) in [5.41, 5.74) is 3.89. The van der Waals surface area contributed by atoms with Gasteiger partial charge in [0.15, 0.2) is 0 Å². The highest BCUT2D eigenvalue weighted by Gasteiger charge is 2.18. The molecule has 0 unspecified atom stereocenters. The summed E-state index contributed by atoms with van der Waals surface area (Å²) < 4.78 is 11.4. The number of carbonyl (C=O) groups is 1. The largest absolute Gasteiger partial charge is 0.470 e. The van der Waals surface area contributed by atoms with Crippen LogP contribution >= 0.6 is 0 Å². The third kappa shape index (κ3) is 5.26. The normalized spacial score (nSPS) is 14.6. The van der Waals surface area contributed by atoms with E-state index in [9.17, 15) is 4.79 Å². The molecule has 0 spiro atoms. The summed E-state index contributed by atoms with van der Waals surface area (Å²) in [5, 5.41) is 0. The zero-order valence-electron chi connectivity index (χ0n) is 18.6. The molecular weight excluding hydrogens is 402 g/mol. The quantitative estimate of drug-likeness (QED) is 0.557.